The van der Waals surface area contributed by atoms with Crippen molar-refractivity contribution in [3.05, 3.63) is 82.7 Å². The summed E-state index contributed by atoms with van der Waals surface area (Å²) in [6.07, 6.45) is 7.44. The van der Waals surface area contributed by atoms with Gasteiger partial charge in [-0.2, -0.15) is 0 Å². The predicted molar refractivity (Wildman–Crippen MR) is 212 cm³/mol. The zero-order valence-electron chi connectivity index (χ0n) is 33.4. The van der Waals surface area contributed by atoms with E-state index in [1.54, 1.807) is 0 Å². The molecule has 6 rings (SSSR count). The van der Waals surface area contributed by atoms with Crippen molar-refractivity contribution in [3.63, 3.8) is 0 Å². The highest BCUT2D eigenvalue weighted by molar-refractivity contribution is 5.87. The number of aromatic amines is 2. The van der Waals surface area contributed by atoms with Crippen LogP contribution in [0.4, 0.5) is 9.59 Å². The summed E-state index contributed by atoms with van der Waals surface area (Å²) in [5.41, 5.74) is 6.54. The topological polar surface area (TPSA) is 175 Å². The Hall–Kier alpha value is -5.40. The molecule has 0 bridgehead atoms. The van der Waals surface area contributed by atoms with Crippen molar-refractivity contribution >= 4 is 35.0 Å². The highest BCUT2D eigenvalue weighted by Gasteiger charge is 2.39. The Kier molecular flexibility index (Phi) is 13.0. The average Bonchev–Trinajstić information content (AvgIpc) is 4.03. The molecule has 4 aromatic rings. The summed E-state index contributed by atoms with van der Waals surface area (Å²) in [6, 6.07) is 13.4. The molecule has 4 atom stereocenters. The molecule has 56 heavy (non-hydrogen) atoms. The van der Waals surface area contributed by atoms with E-state index in [1.165, 1.54) is 30.9 Å². The van der Waals surface area contributed by atoms with Crippen molar-refractivity contribution in [1.82, 2.24) is 40.4 Å². The number of carbonyl (C=O) groups excluding carboxylic acids is 4. The molecule has 2 aromatic heterocycles. The fourth-order valence-electron chi connectivity index (χ4n) is 7.89. The maximum atomic E-state index is 13.6. The lowest BCUT2D eigenvalue weighted by Gasteiger charge is -2.30. The van der Waals surface area contributed by atoms with E-state index in [9.17, 15) is 19.2 Å². The molecule has 4 amide bonds. The number of hydrogen-bond acceptors (Lipinski definition) is 8. The third-order valence-corrected chi connectivity index (χ3v) is 11.1. The summed E-state index contributed by atoms with van der Waals surface area (Å²) in [4.78, 5) is 71.1. The quantitative estimate of drug-likeness (QED) is 0.122. The molecule has 2 aliphatic heterocycles. The van der Waals surface area contributed by atoms with Gasteiger partial charge in [0.15, 0.2) is 0 Å². The molecular formula is C42H56N8O6. The fourth-order valence-corrected chi connectivity index (χ4v) is 7.89. The van der Waals surface area contributed by atoms with E-state index < -0.39 is 24.3 Å². The van der Waals surface area contributed by atoms with Crippen molar-refractivity contribution < 1.29 is 28.7 Å². The number of likely N-dealkylation sites (tertiary alicyclic amines) is 2. The lowest BCUT2D eigenvalue weighted by molar-refractivity contribution is -0.136. The number of imidazole rings is 2. The fraction of sp³-hybridized carbons (Fsp3) is 0.524. The summed E-state index contributed by atoms with van der Waals surface area (Å²) in [5, 5.41) is 5.41. The Bertz CT molecular complexity index is 1990. The van der Waals surface area contributed by atoms with Gasteiger partial charge in [-0.25, -0.2) is 19.6 Å². The van der Waals surface area contributed by atoms with E-state index in [1.807, 2.05) is 49.8 Å². The summed E-state index contributed by atoms with van der Waals surface area (Å²) in [7, 11) is 2.60. The number of H-pyrrole nitrogens is 2. The van der Waals surface area contributed by atoms with E-state index in [2.05, 4.69) is 62.0 Å². The maximum absolute atomic E-state index is 13.6. The van der Waals surface area contributed by atoms with Crippen LogP contribution in [-0.4, -0.2) is 93.1 Å². The summed E-state index contributed by atoms with van der Waals surface area (Å²) < 4.78 is 9.51. The molecule has 0 aliphatic carbocycles. The Balaban J connectivity index is 1.01. The molecule has 2 fully saturated rings. The number of fused-ring (bicyclic) bond motifs is 1. The van der Waals surface area contributed by atoms with Gasteiger partial charge in [-0.3, -0.25) is 9.59 Å². The second-order valence-electron chi connectivity index (χ2n) is 15.7. The Morgan fingerprint density at radius 3 is 1.75 bits per heavy atom. The average molecular weight is 769 g/mol. The number of aromatic nitrogens is 4. The van der Waals surface area contributed by atoms with Crippen LogP contribution in [0.25, 0.3) is 11.0 Å². The first-order valence-electron chi connectivity index (χ1n) is 19.9. The van der Waals surface area contributed by atoms with Crippen LogP contribution in [-0.2, 0) is 44.7 Å². The zero-order chi connectivity index (χ0) is 39.9. The molecule has 2 aliphatic rings. The predicted octanol–water partition coefficient (Wildman–Crippen LogP) is 5.94. The van der Waals surface area contributed by atoms with Gasteiger partial charge in [-0.1, -0.05) is 58.0 Å². The minimum absolute atomic E-state index is 0.0835. The van der Waals surface area contributed by atoms with Gasteiger partial charge in [-0.15, -0.1) is 0 Å². The Morgan fingerprint density at radius 1 is 0.714 bits per heavy atom. The second-order valence-corrected chi connectivity index (χ2v) is 15.7. The van der Waals surface area contributed by atoms with Crippen molar-refractivity contribution in [3.8, 4) is 0 Å². The molecule has 0 radical (unpaired) electrons. The number of nitrogens with zero attached hydrogens (tertiary/aromatic N) is 4. The van der Waals surface area contributed by atoms with Crippen LogP contribution < -0.4 is 10.6 Å². The second kappa shape index (κ2) is 18.0. The molecule has 2 aromatic carbocycles. The van der Waals surface area contributed by atoms with Crippen LogP contribution >= 0.6 is 0 Å². The number of rotatable bonds is 14. The molecule has 4 heterocycles. The zero-order valence-corrected chi connectivity index (χ0v) is 33.4. The first-order chi connectivity index (χ1) is 26.9. The van der Waals surface area contributed by atoms with Crippen molar-refractivity contribution in [2.45, 2.75) is 103 Å². The van der Waals surface area contributed by atoms with Crippen LogP contribution in [0.15, 0.2) is 48.7 Å². The molecule has 4 unspecified atom stereocenters. The molecule has 14 heteroatoms. The number of carbonyl (C=O) groups is 4. The number of ether oxygens (including phenoxy) is 2. The number of benzene rings is 2. The van der Waals surface area contributed by atoms with Gasteiger partial charge in [0.1, 0.15) is 23.7 Å². The van der Waals surface area contributed by atoms with Gasteiger partial charge >= 0.3 is 12.2 Å². The van der Waals surface area contributed by atoms with Crippen LogP contribution in [0.5, 0.6) is 0 Å². The third-order valence-electron chi connectivity index (χ3n) is 11.1. The molecule has 4 N–H and O–H groups in total. The minimum atomic E-state index is -0.672. The monoisotopic (exact) mass is 768 g/mol. The van der Waals surface area contributed by atoms with E-state index in [-0.39, 0.29) is 35.7 Å². The number of amides is 4. The van der Waals surface area contributed by atoms with Crippen LogP contribution in [0, 0.1) is 11.8 Å². The van der Waals surface area contributed by atoms with Gasteiger partial charge in [0.2, 0.25) is 11.8 Å². The van der Waals surface area contributed by atoms with Gasteiger partial charge in [-0.05, 0) is 92.0 Å². The summed E-state index contributed by atoms with van der Waals surface area (Å²) >= 11 is 0. The summed E-state index contributed by atoms with van der Waals surface area (Å²) in [5.74, 6) is 1.14. The van der Waals surface area contributed by atoms with Crippen molar-refractivity contribution in [1.29, 1.82) is 0 Å². The van der Waals surface area contributed by atoms with Gasteiger partial charge in [0.05, 0.1) is 37.3 Å². The number of nitrogens with one attached hydrogen (secondary N) is 4. The minimum Gasteiger partial charge on any atom is -0.453 e. The number of aryl methyl sites for hydroxylation is 4. The first-order valence-corrected chi connectivity index (χ1v) is 19.9. The number of alkyl carbamates (subject to hydrolysis) is 2. The van der Waals surface area contributed by atoms with E-state index in [0.29, 0.717) is 13.1 Å². The number of hydrogen-bond donors (Lipinski definition) is 4. The molecule has 14 nitrogen and oxygen atoms in total. The SMILES string of the molecule is COC(=O)NC(C(=O)N1CCCC1c1ncc(CCc2ccc(CCc3ccc4nc(C5CCCN5C(=O)C(NC(=O)OC)C(C)C)[nH]c4c3)cc2)[nH]1)C(C)C. The van der Waals surface area contributed by atoms with Crippen LogP contribution in [0.3, 0.4) is 0 Å². The lowest BCUT2D eigenvalue weighted by atomic mass is 10.0. The van der Waals surface area contributed by atoms with E-state index >= 15 is 0 Å². The van der Waals surface area contributed by atoms with Crippen molar-refractivity contribution in [2.24, 2.45) is 11.8 Å². The third kappa shape index (κ3) is 9.34. The largest absolute Gasteiger partial charge is 0.453 e. The van der Waals surface area contributed by atoms with Crippen molar-refractivity contribution in [2.75, 3.05) is 27.3 Å². The summed E-state index contributed by atoms with van der Waals surface area (Å²) in [6.45, 7) is 8.88. The Labute approximate surface area is 328 Å². The number of methoxy groups -OCH3 is 2. The highest BCUT2D eigenvalue weighted by atomic mass is 16.5. The Morgan fingerprint density at radius 2 is 1.21 bits per heavy atom. The highest BCUT2D eigenvalue weighted by Crippen LogP contribution is 2.34. The molecule has 300 valence electrons. The normalized spacial score (nSPS) is 18.1. The standard InChI is InChI=1S/C42H56N8O6/c1-25(2)35(47-41(53)55-5)39(51)49-21-7-9-33(49)37-43-24-30(44-37)19-17-28-13-11-27(12-14-28)15-16-29-18-20-31-32(23-29)46-38(45-31)34-10-8-22-50(34)40(52)36(26(3)4)48-42(54)56-6/h11-14,18,20,23-26,33-36H,7-10,15-17,19,21-22H2,1-6H3,(H,43,44)(H,45,46)(H,47,53)(H,48,54). The van der Waals surface area contributed by atoms with Crippen LogP contribution in [0.2, 0.25) is 0 Å². The van der Waals surface area contributed by atoms with E-state index in [4.69, 9.17) is 14.5 Å². The van der Waals surface area contributed by atoms with Crippen LogP contribution in [0.1, 0.15) is 99.5 Å². The van der Waals surface area contributed by atoms with Gasteiger partial charge in [0, 0.05) is 25.0 Å². The van der Waals surface area contributed by atoms with E-state index in [0.717, 1.165) is 79.7 Å². The van der Waals surface area contributed by atoms with Gasteiger partial charge < -0.3 is 39.9 Å². The first kappa shape index (κ1) is 40.3. The maximum Gasteiger partial charge on any atom is 0.407 e. The molecular weight excluding hydrogens is 713 g/mol. The molecule has 0 saturated carbocycles. The smallest absolute Gasteiger partial charge is 0.407 e. The van der Waals surface area contributed by atoms with Gasteiger partial charge in [0.25, 0.3) is 0 Å². The lowest BCUT2D eigenvalue weighted by Crippen LogP contribution is -2.51. The molecule has 2 saturated heterocycles. The molecule has 0 spiro atoms.